The Labute approximate surface area is 104 Å². The number of nitrogens with zero attached hydrogens (tertiary/aromatic N) is 2. The second-order valence-electron chi connectivity index (χ2n) is 5.21. The van der Waals surface area contributed by atoms with Crippen LogP contribution in [0, 0.1) is 0 Å². The van der Waals surface area contributed by atoms with Gasteiger partial charge in [0.25, 0.3) is 0 Å². The SMILES string of the molecule is CN1CCN(S(=O)(=O)C2CCCC2)C(CN)C1. The normalized spacial score (nSPS) is 29.9. The zero-order valence-corrected chi connectivity index (χ0v) is 11.3. The highest BCUT2D eigenvalue weighted by Gasteiger charge is 2.39. The third-order valence-corrected chi connectivity index (χ3v) is 6.40. The van der Waals surface area contributed by atoms with E-state index in [9.17, 15) is 8.42 Å². The van der Waals surface area contributed by atoms with E-state index in [1.807, 2.05) is 7.05 Å². The van der Waals surface area contributed by atoms with Crippen LogP contribution >= 0.6 is 0 Å². The van der Waals surface area contributed by atoms with Crippen molar-refractivity contribution < 1.29 is 8.42 Å². The van der Waals surface area contributed by atoms with Crippen molar-refractivity contribution in [2.45, 2.75) is 37.0 Å². The number of sulfonamides is 1. The minimum atomic E-state index is -3.12. The van der Waals surface area contributed by atoms with Crippen molar-refractivity contribution in [3.05, 3.63) is 0 Å². The largest absolute Gasteiger partial charge is 0.329 e. The molecule has 1 aliphatic carbocycles. The molecule has 1 aliphatic heterocycles. The Kier molecular flexibility index (Phi) is 4.07. The second kappa shape index (κ2) is 5.22. The summed E-state index contributed by atoms with van der Waals surface area (Å²) in [7, 11) is -1.10. The lowest BCUT2D eigenvalue weighted by Crippen LogP contribution is -2.58. The quantitative estimate of drug-likeness (QED) is 0.766. The van der Waals surface area contributed by atoms with Crippen molar-refractivity contribution >= 4 is 10.0 Å². The summed E-state index contributed by atoms with van der Waals surface area (Å²) < 4.78 is 26.7. The Bertz CT molecular complexity index is 352. The predicted molar refractivity (Wildman–Crippen MR) is 68.2 cm³/mol. The number of rotatable bonds is 3. The second-order valence-corrected chi connectivity index (χ2v) is 7.38. The van der Waals surface area contributed by atoms with Gasteiger partial charge in [-0.2, -0.15) is 4.31 Å². The van der Waals surface area contributed by atoms with Crippen molar-refractivity contribution in [1.82, 2.24) is 9.21 Å². The van der Waals surface area contributed by atoms with Crippen LogP contribution in [0.2, 0.25) is 0 Å². The highest BCUT2D eigenvalue weighted by atomic mass is 32.2. The molecule has 1 unspecified atom stereocenters. The summed E-state index contributed by atoms with van der Waals surface area (Å²) in [6, 6.07) is -0.0423. The molecule has 2 N–H and O–H groups in total. The number of hydrogen-bond acceptors (Lipinski definition) is 4. The maximum Gasteiger partial charge on any atom is 0.217 e. The average molecular weight is 261 g/mol. The summed E-state index contributed by atoms with van der Waals surface area (Å²) in [4.78, 5) is 2.15. The fourth-order valence-corrected chi connectivity index (χ4v) is 5.12. The van der Waals surface area contributed by atoms with E-state index >= 15 is 0 Å². The van der Waals surface area contributed by atoms with E-state index < -0.39 is 10.0 Å². The summed E-state index contributed by atoms with van der Waals surface area (Å²) in [5.74, 6) is 0. The molecule has 1 heterocycles. The third kappa shape index (κ3) is 2.65. The van der Waals surface area contributed by atoms with Gasteiger partial charge in [-0.05, 0) is 19.9 Å². The molecule has 0 radical (unpaired) electrons. The van der Waals surface area contributed by atoms with Crippen LogP contribution in [0.3, 0.4) is 0 Å². The lowest BCUT2D eigenvalue weighted by atomic mass is 10.2. The Morgan fingerprint density at radius 3 is 2.47 bits per heavy atom. The van der Waals surface area contributed by atoms with Gasteiger partial charge in [-0.3, -0.25) is 0 Å². The van der Waals surface area contributed by atoms with Gasteiger partial charge in [0.2, 0.25) is 10.0 Å². The molecular weight excluding hydrogens is 238 g/mol. The standard InChI is InChI=1S/C11H23N3O2S/c1-13-6-7-14(10(8-12)9-13)17(15,16)11-4-2-3-5-11/h10-11H,2-9,12H2,1H3. The molecule has 1 atom stereocenters. The van der Waals surface area contributed by atoms with Crippen LogP contribution in [0.1, 0.15) is 25.7 Å². The molecule has 1 saturated carbocycles. The molecule has 0 spiro atoms. The van der Waals surface area contributed by atoms with E-state index in [0.717, 1.165) is 38.8 Å². The Balaban J connectivity index is 2.13. The number of likely N-dealkylation sites (N-methyl/N-ethyl adjacent to an activating group) is 1. The number of hydrogen-bond donors (Lipinski definition) is 1. The minimum Gasteiger partial charge on any atom is -0.329 e. The summed E-state index contributed by atoms with van der Waals surface area (Å²) in [5, 5.41) is -0.153. The van der Waals surface area contributed by atoms with Crippen LogP contribution in [-0.2, 0) is 10.0 Å². The van der Waals surface area contributed by atoms with E-state index in [-0.39, 0.29) is 11.3 Å². The van der Waals surface area contributed by atoms with E-state index in [1.165, 1.54) is 0 Å². The smallest absolute Gasteiger partial charge is 0.217 e. The van der Waals surface area contributed by atoms with Crippen LogP contribution in [0.4, 0.5) is 0 Å². The first-order valence-corrected chi connectivity index (χ1v) is 7.95. The van der Waals surface area contributed by atoms with Crippen molar-refractivity contribution in [2.75, 3.05) is 33.2 Å². The van der Waals surface area contributed by atoms with Crippen molar-refractivity contribution in [3.8, 4) is 0 Å². The van der Waals surface area contributed by atoms with Gasteiger partial charge < -0.3 is 10.6 Å². The zero-order valence-electron chi connectivity index (χ0n) is 10.5. The van der Waals surface area contributed by atoms with Crippen LogP contribution in [0.25, 0.3) is 0 Å². The maximum atomic E-state index is 12.5. The fraction of sp³-hybridized carbons (Fsp3) is 1.00. The molecule has 5 nitrogen and oxygen atoms in total. The lowest BCUT2D eigenvalue weighted by molar-refractivity contribution is 0.163. The average Bonchev–Trinajstić information content (AvgIpc) is 2.82. The molecule has 100 valence electrons. The zero-order chi connectivity index (χ0) is 12.5. The molecule has 0 bridgehead atoms. The van der Waals surface area contributed by atoms with E-state index in [2.05, 4.69) is 4.90 Å². The van der Waals surface area contributed by atoms with Crippen molar-refractivity contribution in [2.24, 2.45) is 5.73 Å². The molecule has 0 aromatic carbocycles. The number of nitrogens with two attached hydrogens (primary N) is 1. The first kappa shape index (κ1) is 13.3. The Morgan fingerprint density at radius 1 is 1.24 bits per heavy atom. The lowest BCUT2D eigenvalue weighted by Gasteiger charge is -2.39. The van der Waals surface area contributed by atoms with Gasteiger partial charge >= 0.3 is 0 Å². The van der Waals surface area contributed by atoms with E-state index in [1.54, 1.807) is 4.31 Å². The molecule has 17 heavy (non-hydrogen) atoms. The Morgan fingerprint density at radius 2 is 1.88 bits per heavy atom. The molecule has 0 aromatic heterocycles. The highest BCUT2D eigenvalue weighted by molar-refractivity contribution is 7.89. The van der Waals surface area contributed by atoms with Gasteiger partial charge in [-0.15, -0.1) is 0 Å². The molecule has 0 amide bonds. The molecule has 1 saturated heterocycles. The maximum absolute atomic E-state index is 12.5. The highest BCUT2D eigenvalue weighted by Crippen LogP contribution is 2.28. The van der Waals surface area contributed by atoms with Crippen LogP contribution in [-0.4, -0.2) is 62.1 Å². The summed E-state index contributed by atoms with van der Waals surface area (Å²) in [6.45, 7) is 2.57. The van der Waals surface area contributed by atoms with Gasteiger partial charge in [-0.1, -0.05) is 12.8 Å². The minimum absolute atomic E-state index is 0.0423. The molecule has 6 heteroatoms. The monoisotopic (exact) mass is 261 g/mol. The third-order valence-electron chi connectivity index (χ3n) is 3.95. The summed E-state index contributed by atoms with van der Waals surface area (Å²) in [5.41, 5.74) is 5.72. The fourth-order valence-electron chi connectivity index (χ4n) is 2.90. The van der Waals surface area contributed by atoms with Crippen molar-refractivity contribution in [3.63, 3.8) is 0 Å². The topological polar surface area (TPSA) is 66.6 Å². The van der Waals surface area contributed by atoms with Gasteiger partial charge in [0.1, 0.15) is 0 Å². The molecule has 2 fully saturated rings. The van der Waals surface area contributed by atoms with Gasteiger partial charge in [0, 0.05) is 32.2 Å². The molecule has 0 aromatic rings. The van der Waals surface area contributed by atoms with Crippen molar-refractivity contribution in [1.29, 1.82) is 0 Å². The van der Waals surface area contributed by atoms with Crippen LogP contribution in [0.5, 0.6) is 0 Å². The Hall–Kier alpha value is -0.170. The molecular formula is C11H23N3O2S. The van der Waals surface area contributed by atoms with E-state index in [4.69, 9.17) is 5.73 Å². The molecule has 2 aliphatic rings. The first-order chi connectivity index (χ1) is 8.05. The van der Waals surface area contributed by atoms with Gasteiger partial charge in [0.05, 0.1) is 5.25 Å². The predicted octanol–water partition coefficient (Wildman–Crippen LogP) is -0.166. The van der Waals surface area contributed by atoms with E-state index in [0.29, 0.717) is 13.1 Å². The van der Waals surface area contributed by atoms with Gasteiger partial charge in [0.15, 0.2) is 0 Å². The first-order valence-electron chi connectivity index (χ1n) is 6.45. The van der Waals surface area contributed by atoms with Gasteiger partial charge in [-0.25, -0.2) is 8.42 Å². The van der Waals surface area contributed by atoms with Crippen LogP contribution < -0.4 is 5.73 Å². The summed E-state index contributed by atoms with van der Waals surface area (Å²) in [6.07, 6.45) is 3.74. The number of piperazine rings is 1. The van der Waals surface area contributed by atoms with Crippen LogP contribution in [0.15, 0.2) is 0 Å². The summed E-state index contributed by atoms with van der Waals surface area (Å²) >= 11 is 0. The molecule has 2 rings (SSSR count).